The van der Waals surface area contributed by atoms with Gasteiger partial charge < -0.3 is 15.4 Å². The summed E-state index contributed by atoms with van der Waals surface area (Å²) in [4.78, 5) is 13.5. The van der Waals surface area contributed by atoms with E-state index in [1.165, 1.54) is 7.11 Å². The van der Waals surface area contributed by atoms with Crippen LogP contribution in [0.25, 0.3) is 0 Å². The van der Waals surface area contributed by atoms with Crippen LogP contribution in [0.4, 0.5) is 0 Å². The number of esters is 1. The van der Waals surface area contributed by atoms with E-state index < -0.39 is 6.04 Å². The van der Waals surface area contributed by atoms with Gasteiger partial charge in [-0.25, -0.2) is 0 Å². The molecule has 4 nitrogen and oxygen atoms in total. The smallest absolute Gasteiger partial charge is 0.322 e. The molecule has 1 aliphatic heterocycles. The molecular weight excluding hydrogens is 192 g/mol. The summed E-state index contributed by atoms with van der Waals surface area (Å²) in [5.74, 6) is 1.19. The lowest BCUT2D eigenvalue weighted by molar-refractivity contribution is -0.142. The summed E-state index contributed by atoms with van der Waals surface area (Å²) in [6.45, 7) is 7.67. The lowest BCUT2D eigenvalue weighted by Gasteiger charge is -2.17. The molecule has 1 fully saturated rings. The Balaban J connectivity index is 2.23. The molecule has 0 aliphatic carbocycles. The zero-order chi connectivity index (χ0) is 11.4. The van der Waals surface area contributed by atoms with Crippen LogP contribution in [0, 0.1) is 11.8 Å². The van der Waals surface area contributed by atoms with E-state index >= 15 is 0 Å². The van der Waals surface area contributed by atoms with Gasteiger partial charge in [0, 0.05) is 19.6 Å². The number of ether oxygens (including phenoxy) is 1. The van der Waals surface area contributed by atoms with Crippen molar-refractivity contribution in [2.45, 2.75) is 26.3 Å². The number of hydrogen-bond donors (Lipinski definition) is 1. The second-order valence-electron chi connectivity index (χ2n) is 4.63. The number of likely N-dealkylation sites (tertiary alicyclic amines) is 1. The fourth-order valence-corrected chi connectivity index (χ4v) is 2.02. The first-order chi connectivity index (χ1) is 7.04. The molecular formula is C11H22N2O2. The average Bonchev–Trinajstić information content (AvgIpc) is 2.54. The minimum atomic E-state index is -0.471. The third-order valence-electron chi connectivity index (χ3n) is 3.32. The first-order valence-corrected chi connectivity index (χ1v) is 5.60. The molecule has 1 rings (SSSR count). The third-order valence-corrected chi connectivity index (χ3v) is 3.32. The van der Waals surface area contributed by atoms with Gasteiger partial charge in [0.15, 0.2) is 0 Å². The highest BCUT2D eigenvalue weighted by molar-refractivity contribution is 5.75. The molecule has 15 heavy (non-hydrogen) atoms. The van der Waals surface area contributed by atoms with Gasteiger partial charge in [-0.1, -0.05) is 13.8 Å². The van der Waals surface area contributed by atoms with E-state index in [-0.39, 0.29) is 5.97 Å². The quantitative estimate of drug-likeness (QED) is 0.691. The number of carbonyl (C=O) groups excluding carboxylic acids is 1. The summed E-state index contributed by atoms with van der Waals surface area (Å²) < 4.78 is 4.59. The van der Waals surface area contributed by atoms with Crippen LogP contribution in [0.2, 0.25) is 0 Å². The Morgan fingerprint density at radius 3 is 2.47 bits per heavy atom. The van der Waals surface area contributed by atoms with Crippen molar-refractivity contribution in [1.82, 2.24) is 4.90 Å². The van der Waals surface area contributed by atoms with Gasteiger partial charge in [0.25, 0.3) is 0 Å². The van der Waals surface area contributed by atoms with Crippen LogP contribution >= 0.6 is 0 Å². The number of nitrogens with two attached hydrogens (primary N) is 1. The zero-order valence-corrected chi connectivity index (χ0v) is 9.90. The molecule has 1 saturated heterocycles. The van der Waals surface area contributed by atoms with Crippen molar-refractivity contribution < 1.29 is 9.53 Å². The number of nitrogens with zero attached hydrogens (tertiary/aromatic N) is 1. The largest absolute Gasteiger partial charge is 0.468 e. The van der Waals surface area contributed by atoms with Crippen molar-refractivity contribution >= 4 is 5.97 Å². The minimum absolute atomic E-state index is 0.310. The number of carbonyl (C=O) groups is 1. The van der Waals surface area contributed by atoms with Crippen LogP contribution in [-0.2, 0) is 9.53 Å². The standard InChI is InChI=1S/C11H22N2O2/c1-8-6-13(7-9(8)2)5-4-10(12)11(14)15-3/h8-10H,4-7,12H2,1-3H3. The predicted molar refractivity (Wildman–Crippen MR) is 59.4 cm³/mol. The van der Waals surface area contributed by atoms with Gasteiger partial charge in [-0.15, -0.1) is 0 Å². The maximum absolute atomic E-state index is 11.1. The Morgan fingerprint density at radius 2 is 2.00 bits per heavy atom. The van der Waals surface area contributed by atoms with E-state index in [0.717, 1.165) is 31.5 Å². The van der Waals surface area contributed by atoms with Crippen LogP contribution in [0.1, 0.15) is 20.3 Å². The van der Waals surface area contributed by atoms with E-state index in [4.69, 9.17) is 5.73 Å². The van der Waals surface area contributed by atoms with Crippen LogP contribution in [0.5, 0.6) is 0 Å². The van der Waals surface area contributed by atoms with Gasteiger partial charge in [0.05, 0.1) is 7.11 Å². The maximum Gasteiger partial charge on any atom is 0.322 e. The lowest BCUT2D eigenvalue weighted by Crippen LogP contribution is -2.35. The molecule has 0 bridgehead atoms. The minimum Gasteiger partial charge on any atom is -0.468 e. The molecule has 1 heterocycles. The molecule has 0 aromatic heterocycles. The normalized spacial score (nSPS) is 29.1. The molecule has 0 saturated carbocycles. The van der Waals surface area contributed by atoms with Gasteiger partial charge in [-0.3, -0.25) is 4.79 Å². The summed E-state index contributed by atoms with van der Waals surface area (Å²) >= 11 is 0. The second-order valence-corrected chi connectivity index (χ2v) is 4.63. The molecule has 88 valence electrons. The van der Waals surface area contributed by atoms with E-state index in [2.05, 4.69) is 23.5 Å². The molecule has 3 unspecified atom stereocenters. The van der Waals surface area contributed by atoms with Crippen molar-refractivity contribution in [3.8, 4) is 0 Å². The summed E-state index contributed by atoms with van der Waals surface area (Å²) in [6, 6.07) is -0.471. The van der Waals surface area contributed by atoms with Crippen molar-refractivity contribution in [2.75, 3.05) is 26.7 Å². The fourth-order valence-electron chi connectivity index (χ4n) is 2.02. The highest BCUT2D eigenvalue weighted by Crippen LogP contribution is 2.21. The molecule has 0 spiro atoms. The molecule has 0 aromatic carbocycles. The van der Waals surface area contributed by atoms with E-state index in [1.54, 1.807) is 0 Å². The molecule has 0 amide bonds. The van der Waals surface area contributed by atoms with Gasteiger partial charge in [0.1, 0.15) is 6.04 Å². The monoisotopic (exact) mass is 214 g/mol. The highest BCUT2D eigenvalue weighted by Gasteiger charge is 2.26. The molecule has 1 aliphatic rings. The van der Waals surface area contributed by atoms with Crippen molar-refractivity contribution in [2.24, 2.45) is 17.6 Å². The Labute approximate surface area is 91.8 Å². The summed E-state index contributed by atoms with van der Waals surface area (Å²) in [5.41, 5.74) is 5.67. The maximum atomic E-state index is 11.1. The third kappa shape index (κ3) is 3.47. The van der Waals surface area contributed by atoms with Gasteiger partial charge >= 0.3 is 5.97 Å². The predicted octanol–water partition coefficient (Wildman–Crippen LogP) is 0.465. The number of rotatable bonds is 4. The molecule has 2 N–H and O–H groups in total. The molecule has 0 aromatic rings. The first-order valence-electron chi connectivity index (χ1n) is 5.60. The SMILES string of the molecule is COC(=O)C(N)CCN1CC(C)C(C)C1. The van der Waals surface area contributed by atoms with Crippen LogP contribution in [0.15, 0.2) is 0 Å². The Kier molecular flexibility index (Phi) is 4.54. The summed E-state index contributed by atoms with van der Waals surface area (Å²) in [7, 11) is 1.38. The van der Waals surface area contributed by atoms with Gasteiger partial charge in [-0.05, 0) is 18.3 Å². The lowest BCUT2D eigenvalue weighted by atomic mass is 10.0. The molecule has 4 heteroatoms. The van der Waals surface area contributed by atoms with Crippen molar-refractivity contribution in [3.05, 3.63) is 0 Å². The second kappa shape index (κ2) is 5.47. The average molecular weight is 214 g/mol. The highest BCUT2D eigenvalue weighted by atomic mass is 16.5. The van der Waals surface area contributed by atoms with E-state index in [9.17, 15) is 4.79 Å². The summed E-state index contributed by atoms with van der Waals surface area (Å²) in [5, 5.41) is 0. The van der Waals surface area contributed by atoms with Crippen LogP contribution in [0.3, 0.4) is 0 Å². The van der Waals surface area contributed by atoms with Crippen molar-refractivity contribution in [1.29, 1.82) is 0 Å². The zero-order valence-electron chi connectivity index (χ0n) is 9.90. The molecule has 0 radical (unpaired) electrons. The number of methoxy groups -OCH3 is 1. The van der Waals surface area contributed by atoms with Crippen LogP contribution < -0.4 is 5.73 Å². The molecule has 3 atom stereocenters. The topological polar surface area (TPSA) is 55.6 Å². The fraction of sp³-hybridized carbons (Fsp3) is 0.909. The van der Waals surface area contributed by atoms with Crippen molar-refractivity contribution in [3.63, 3.8) is 0 Å². The van der Waals surface area contributed by atoms with Gasteiger partial charge in [0.2, 0.25) is 0 Å². The Bertz CT molecular complexity index is 211. The number of hydrogen-bond acceptors (Lipinski definition) is 4. The summed E-state index contributed by atoms with van der Waals surface area (Å²) in [6.07, 6.45) is 0.687. The first kappa shape index (κ1) is 12.5. The van der Waals surface area contributed by atoms with Crippen LogP contribution in [-0.4, -0.2) is 43.7 Å². The van der Waals surface area contributed by atoms with Gasteiger partial charge in [-0.2, -0.15) is 0 Å². The Hall–Kier alpha value is -0.610. The van der Waals surface area contributed by atoms with E-state index in [0.29, 0.717) is 6.42 Å². The van der Waals surface area contributed by atoms with E-state index in [1.807, 2.05) is 0 Å². The Morgan fingerprint density at radius 1 is 1.47 bits per heavy atom.